The van der Waals surface area contributed by atoms with E-state index in [0.717, 1.165) is 25.2 Å². The predicted octanol–water partition coefficient (Wildman–Crippen LogP) is 1.63. The van der Waals surface area contributed by atoms with Crippen LogP contribution in [-0.4, -0.2) is 69.4 Å². The van der Waals surface area contributed by atoms with Gasteiger partial charge in [-0.1, -0.05) is 19.9 Å². The number of aryl methyl sites for hydroxylation is 1. The standard InChI is InChI=1S/C20H30N2O5/c1-14(2)11-22-7-8-26-17(12-22)10-21-19(23)13-27-20(24)16-6-5-15(3)18(9-16)25-4/h5-6,9,14,17H,7-8,10-13H2,1-4H3,(H,21,23). The molecule has 0 spiro atoms. The van der Waals surface area contributed by atoms with E-state index >= 15 is 0 Å². The van der Waals surface area contributed by atoms with E-state index in [4.69, 9.17) is 14.2 Å². The number of morpholine rings is 1. The lowest BCUT2D eigenvalue weighted by molar-refractivity contribution is -0.125. The first-order chi connectivity index (χ1) is 12.9. The summed E-state index contributed by atoms with van der Waals surface area (Å²) in [6.07, 6.45) is -0.0430. The number of carbonyl (C=O) groups excluding carboxylic acids is 2. The van der Waals surface area contributed by atoms with Gasteiger partial charge in [-0.05, 0) is 30.5 Å². The van der Waals surface area contributed by atoms with Crippen LogP contribution in [0, 0.1) is 12.8 Å². The van der Waals surface area contributed by atoms with Gasteiger partial charge in [0.05, 0.1) is 25.4 Å². The van der Waals surface area contributed by atoms with Gasteiger partial charge in [-0.15, -0.1) is 0 Å². The number of hydrogen-bond donors (Lipinski definition) is 1. The molecule has 1 unspecified atom stereocenters. The molecule has 1 aromatic carbocycles. The molecule has 0 saturated carbocycles. The van der Waals surface area contributed by atoms with Crippen molar-refractivity contribution in [1.82, 2.24) is 10.2 Å². The monoisotopic (exact) mass is 378 g/mol. The lowest BCUT2D eigenvalue weighted by Crippen LogP contribution is -2.48. The zero-order valence-electron chi connectivity index (χ0n) is 16.6. The maximum Gasteiger partial charge on any atom is 0.338 e. The van der Waals surface area contributed by atoms with Crippen LogP contribution in [0.5, 0.6) is 5.75 Å². The first-order valence-corrected chi connectivity index (χ1v) is 9.31. The van der Waals surface area contributed by atoms with E-state index < -0.39 is 5.97 Å². The Morgan fingerprint density at radius 3 is 2.85 bits per heavy atom. The first-order valence-electron chi connectivity index (χ1n) is 9.31. The summed E-state index contributed by atoms with van der Waals surface area (Å²) in [5.41, 5.74) is 1.27. The third-order valence-corrected chi connectivity index (χ3v) is 4.35. The Kier molecular flexibility index (Phi) is 8.06. The molecular formula is C20H30N2O5. The highest BCUT2D eigenvalue weighted by molar-refractivity contribution is 5.91. The molecule has 0 aromatic heterocycles. The second kappa shape index (κ2) is 10.3. The summed E-state index contributed by atoms with van der Waals surface area (Å²) in [6.45, 7) is 9.73. The molecule has 7 nitrogen and oxygen atoms in total. The van der Waals surface area contributed by atoms with Gasteiger partial charge in [0, 0.05) is 26.2 Å². The summed E-state index contributed by atoms with van der Waals surface area (Å²) in [6, 6.07) is 5.03. The fourth-order valence-electron chi connectivity index (χ4n) is 3.03. The number of ether oxygens (including phenoxy) is 3. The quantitative estimate of drug-likeness (QED) is 0.693. The molecule has 1 heterocycles. The van der Waals surface area contributed by atoms with Crippen molar-refractivity contribution in [2.45, 2.75) is 26.9 Å². The lowest BCUT2D eigenvalue weighted by atomic mass is 10.1. The van der Waals surface area contributed by atoms with E-state index in [2.05, 4.69) is 24.1 Å². The van der Waals surface area contributed by atoms with Crippen LogP contribution in [0.25, 0.3) is 0 Å². The molecular weight excluding hydrogens is 348 g/mol. The van der Waals surface area contributed by atoms with E-state index in [0.29, 0.717) is 30.4 Å². The molecule has 0 bridgehead atoms. The van der Waals surface area contributed by atoms with Gasteiger partial charge in [0.1, 0.15) is 5.75 Å². The number of nitrogens with zero attached hydrogens (tertiary/aromatic N) is 1. The van der Waals surface area contributed by atoms with E-state index in [1.807, 2.05) is 6.92 Å². The number of amides is 1. The fourth-order valence-corrected chi connectivity index (χ4v) is 3.03. The van der Waals surface area contributed by atoms with Gasteiger partial charge in [-0.25, -0.2) is 4.79 Å². The Bertz CT molecular complexity index is 647. The molecule has 1 saturated heterocycles. The molecule has 150 valence electrons. The highest BCUT2D eigenvalue weighted by atomic mass is 16.5. The van der Waals surface area contributed by atoms with Crippen LogP contribution in [0.2, 0.25) is 0 Å². The van der Waals surface area contributed by atoms with Crippen molar-refractivity contribution >= 4 is 11.9 Å². The molecule has 1 fully saturated rings. The number of rotatable bonds is 8. The smallest absolute Gasteiger partial charge is 0.338 e. The topological polar surface area (TPSA) is 77.1 Å². The first kappa shape index (κ1) is 21.2. The highest BCUT2D eigenvalue weighted by Gasteiger charge is 2.21. The second-order valence-electron chi connectivity index (χ2n) is 7.21. The van der Waals surface area contributed by atoms with Crippen LogP contribution in [-0.2, 0) is 14.3 Å². The maximum absolute atomic E-state index is 12.1. The van der Waals surface area contributed by atoms with Crippen molar-refractivity contribution in [3.8, 4) is 5.75 Å². The van der Waals surface area contributed by atoms with Crippen LogP contribution in [0.1, 0.15) is 29.8 Å². The van der Waals surface area contributed by atoms with Gasteiger partial charge in [-0.2, -0.15) is 0 Å². The van der Waals surface area contributed by atoms with Crippen LogP contribution in [0.15, 0.2) is 18.2 Å². The molecule has 0 aliphatic carbocycles. The van der Waals surface area contributed by atoms with Gasteiger partial charge in [-0.3, -0.25) is 9.69 Å². The van der Waals surface area contributed by atoms with Crippen LogP contribution < -0.4 is 10.1 Å². The Morgan fingerprint density at radius 2 is 2.15 bits per heavy atom. The molecule has 0 radical (unpaired) electrons. The SMILES string of the molecule is COc1cc(C(=O)OCC(=O)NCC2CN(CC(C)C)CCO2)ccc1C. The van der Waals surface area contributed by atoms with Gasteiger partial charge in [0.25, 0.3) is 5.91 Å². The number of methoxy groups -OCH3 is 1. The van der Waals surface area contributed by atoms with Crippen LogP contribution >= 0.6 is 0 Å². The van der Waals surface area contributed by atoms with Gasteiger partial charge >= 0.3 is 5.97 Å². The van der Waals surface area contributed by atoms with Crippen LogP contribution in [0.3, 0.4) is 0 Å². The molecule has 1 aromatic rings. The minimum absolute atomic E-state index is 0.0430. The van der Waals surface area contributed by atoms with E-state index in [1.54, 1.807) is 25.3 Å². The van der Waals surface area contributed by atoms with Crippen LogP contribution in [0.4, 0.5) is 0 Å². The van der Waals surface area contributed by atoms with E-state index in [1.165, 1.54) is 0 Å². The Balaban J connectivity index is 1.73. The average Bonchev–Trinajstić information content (AvgIpc) is 2.64. The van der Waals surface area contributed by atoms with Gasteiger partial charge in [0.15, 0.2) is 6.61 Å². The number of hydrogen-bond acceptors (Lipinski definition) is 6. The molecule has 2 rings (SSSR count). The Morgan fingerprint density at radius 1 is 1.37 bits per heavy atom. The zero-order valence-corrected chi connectivity index (χ0v) is 16.6. The highest BCUT2D eigenvalue weighted by Crippen LogP contribution is 2.19. The van der Waals surface area contributed by atoms with Crippen molar-refractivity contribution in [3.63, 3.8) is 0 Å². The Labute approximate surface area is 161 Å². The fraction of sp³-hybridized carbons (Fsp3) is 0.600. The molecule has 27 heavy (non-hydrogen) atoms. The van der Waals surface area contributed by atoms with E-state index in [-0.39, 0.29) is 18.6 Å². The van der Waals surface area contributed by atoms with E-state index in [9.17, 15) is 9.59 Å². The summed E-state index contributed by atoms with van der Waals surface area (Å²) in [7, 11) is 1.54. The number of carbonyl (C=O) groups is 2. The average molecular weight is 378 g/mol. The third-order valence-electron chi connectivity index (χ3n) is 4.35. The van der Waals surface area contributed by atoms with Gasteiger partial charge < -0.3 is 19.5 Å². The normalized spacial score (nSPS) is 17.6. The van der Waals surface area contributed by atoms with Crippen molar-refractivity contribution in [1.29, 1.82) is 0 Å². The van der Waals surface area contributed by atoms with Crippen molar-refractivity contribution in [2.24, 2.45) is 5.92 Å². The lowest BCUT2D eigenvalue weighted by Gasteiger charge is -2.33. The minimum Gasteiger partial charge on any atom is -0.496 e. The predicted molar refractivity (Wildman–Crippen MR) is 102 cm³/mol. The summed E-state index contributed by atoms with van der Waals surface area (Å²) in [5.74, 6) is 0.305. The van der Waals surface area contributed by atoms with Crippen molar-refractivity contribution in [2.75, 3.05) is 46.5 Å². The molecule has 1 amide bonds. The number of nitrogens with one attached hydrogen (secondary N) is 1. The summed E-state index contributed by atoms with van der Waals surface area (Å²) in [4.78, 5) is 26.4. The summed E-state index contributed by atoms with van der Waals surface area (Å²) in [5, 5.41) is 2.77. The largest absolute Gasteiger partial charge is 0.496 e. The summed E-state index contributed by atoms with van der Waals surface area (Å²) < 4.78 is 16.0. The minimum atomic E-state index is -0.555. The molecule has 1 aliphatic heterocycles. The molecule has 7 heteroatoms. The molecule has 1 N–H and O–H groups in total. The maximum atomic E-state index is 12.1. The summed E-state index contributed by atoms with van der Waals surface area (Å²) >= 11 is 0. The van der Waals surface area contributed by atoms with Crippen molar-refractivity contribution in [3.05, 3.63) is 29.3 Å². The molecule has 1 atom stereocenters. The third kappa shape index (κ3) is 6.84. The number of benzene rings is 1. The van der Waals surface area contributed by atoms with Gasteiger partial charge in [0.2, 0.25) is 0 Å². The Hall–Kier alpha value is -2.12. The molecule has 1 aliphatic rings. The second-order valence-corrected chi connectivity index (χ2v) is 7.21. The van der Waals surface area contributed by atoms with Crippen molar-refractivity contribution < 1.29 is 23.8 Å². The zero-order chi connectivity index (χ0) is 19.8. The number of esters is 1.